The number of aliphatic imine (C=N–C) groups is 1. The monoisotopic (exact) mass is 189 g/mol. The van der Waals surface area contributed by atoms with Gasteiger partial charge in [0.25, 0.3) is 0 Å². The Morgan fingerprint density at radius 3 is 2.67 bits per heavy atom. The molecule has 0 radical (unpaired) electrons. The first-order valence-electron chi connectivity index (χ1n) is 3.61. The maximum absolute atomic E-state index is 11.1. The summed E-state index contributed by atoms with van der Waals surface area (Å²) in [5, 5.41) is 0. The fraction of sp³-hybridized carbons (Fsp3) is 0.571. The van der Waals surface area contributed by atoms with Crippen molar-refractivity contribution in [2.24, 2.45) is 4.99 Å². The van der Waals surface area contributed by atoms with E-state index < -0.39 is 9.84 Å². The Labute approximate surface area is 71.9 Å². The van der Waals surface area contributed by atoms with Crippen LogP contribution in [0.1, 0.15) is 13.8 Å². The Balaban J connectivity index is 2.57. The zero-order valence-electron chi connectivity index (χ0n) is 7.02. The molecule has 4 nitrogen and oxygen atoms in total. The van der Waals surface area contributed by atoms with Gasteiger partial charge in [-0.3, -0.25) is 4.99 Å². The molecule has 1 heterocycles. The van der Waals surface area contributed by atoms with Gasteiger partial charge in [-0.2, -0.15) is 0 Å². The molecule has 12 heavy (non-hydrogen) atoms. The van der Waals surface area contributed by atoms with Crippen LogP contribution in [0.3, 0.4) is 0 Å². The maximum atomic E-state index is 11.1. The zero-order valence-corrected chi connectivity index (χ0v) is 7.84. The second-order valence-corrected chi connectivity index (χ2v) is 4.58. The van der Waals surface area contributed by atoms with Gasteiger partial charge in [0.2, 0.25) is 9.84 Å². The molecule has 1 aliphatic heterocycles. The highest BCUT2D eigenvalue weighted by molar-refractivity contribution is 8.08. The van der Waals surface area contributed by atoms with E-state index in [2.05, 4.69) is 4.99 Å². The molecule has 0 fully saturated rings. The summed E-state index contributed by atoms with van der Waals surface area (Å²) in [5.41, 5.74) is 0.937. The number of sulfone groups is 1. The third-order valence-corrected chi connectivity index (χ3v) is 2.70. The average Bonchev–Trinajstić information content (AvgIpc) is 2.25. The van der Waals surface area contributed by atoms with Gasteiger partial charge in [0, 0.05) is 6.20 Å². The third kappa shape index (κ3) is 2.15. The van der Waals surface area contributed by atoms with E-state index in [1.807, 2.05) is 13.8 Å². The summed E-state index contributed by atoms with van der Waals surface area (Å²) >= 11 is 0. The Kier molecular flexibility index (Phi) is 2.64. The average molecular weight is 189 g/mol. The number of ether oxygens (including phenoxy) is 1. The van der Waals surface area contributed by atoms with Crippen LogP contribution in [0.5, 0.6) is 0 Å². The Hall–Kier alpha value is -0.680. The van der Waals surface area contributed by atoms with Crippen LogP contribution >= 0.6 is 0 Å². The molecule has 0 aliphatic carbocycles. The molecule has 0 amide bonds. The minimum absolute atomic E-state index is 0.0294. The van der Waals surface area contributed by atoms with Crippen molar-refractivity contribution in [2.75, 3.05) is 6.61 Å². The van der Waals surface area contributed by atoms with Gasteiger partial charge in [-0.1, -0.05) is 0 Å². The van der Waals surface area contributed by atoms with Crippen molar-refractivity contribution in [1.29, 1.82) is 0 Å². The first-order chi connectivity index (χ1) is 5.52. The van der Waals surface area contributed by atoms with Gasteiger partial charge < -0.3 is 4.74 Å². The first-order valence-corrected chi connectivity index (χ1v) is 5.16. The smallest absolute Gasteiger partial charge is 0.216 e. The van der Waals surface area contributed by atoms with Crippen molar-refractivity contribution >= 4 is 15.4 Å². The molecule has 0 unspecified atom stereocenters. The Bertz CT molecular complexity index is 314. The normalized spacial score (nSPS) is 20.1. The highest BCUT2D eigenvalue weighted by Crippen LogP contribution is 2.12. The van der Waals surface area contributed by atoms with Crippen LogP contribution in [0.2, 0.25) is 0 Å². The predicted molar refractivity (Wildman–Crippen MR) is 46.6 cm³/mol. The third-order valence-electron chi connectivity index (χ3n) is 1.34. The maximum Gasteiger partial charge on any atom is 0.216 e. The molecule has 1 aliphatic rings. The minimum atomic E-state index is -3.24. The first kappa shape index (κ1) is 9.41. The van der Waals surface area contributed by atoms with Gasteiger partial charge >= 0.3 is 0 Å². The molecule has 68 valence electrons. The van der Waals surface area contributed by atoms with Gasteiger partial charge in [0.05, 0.1) is 17.6 Å². The highest BCUT2D eigenvalue weighted by Gasteiger charge is 2.19. The summed E-state index contributed by atoms with van der Waals surface area (Å²) in [7, 11) is -3.24. The quantitative estimate of drug-likeness (QED) is 0.657. The van der Waals surface area contributed by atoms with Crippen molar-refractivity contribution in [3.05, 3.63) is 11.1 Å². The number of nitrogens with zero attached hydrogens (tertiary/aromatic N) is 1. The van der Waals surface area contributed by atoms with Crippen LogP contribution in [0.15, 0.2) is 16.1 Å². The fourth-order valence-electron chi connectivity index (χ4n) is 0.703. The Morgan fingerprint density at radius 1 is 1.58 bits per heavy atom. The molecular formula is C7H11NO3S. The number of hydrogen-bond acceptors (Lipinski definition) is 4. The summed E-state index contributed by atoms with van der Waals surface area (Å²) in [6.07, 6.45) is 1.35. The molecule has 0 bridgehead atoms. The van der Waals surface area contributed by atoms with Crippen molar-refractivity contribution in [3.63, 3.8) is 0 Å². The van der Waals surface area contributed by atoms with Crippen LogP contribution < -0.4 is 0 Å². The van der Waals surface area contributed by atoms with E-state index in [1.54, 1.807) is 0 Å². The van der Waals surface area contributed by atoms with Crippen LogP contribution in [-0.4, -0.2) is 26.7 Å². The topological polar surface area (TPSA) is 55.7 Å². The molecule has 0 aromatic rings. The van der Waals surface area contributed by atoms with Crippen LogP contribution in [0.25, 0.3) is 0 Å². The van der Waals surface area contributed by atoms with Crippen LogP contribution in [-0.2, 0) is 14.6 Å². The lowest BCUT2D eigenvalue weighted by atomic mass is 10.5. The highest BCUT2D eigenvalue weighted by atomic mass is 32.2. The number of rotatable bonds is 3. The van der Waals surface area contributed by atoms with E-state index in [9.17, 15) is 8.42 Å². The summed E-state index contributed by atoms with van der Waals surface area (Å²) in [4.78, 5) is 3.77. The van der Waals surface area contributed by atoms with Crippen molar-refractivity contribution in [2.45, 2.75) is 20.0 Å². The van der Waals surface area contributed by atoms with E-state index >= 15 is 0 Å². The van der Waals surface area contributed by atoms with Gasteiger partial charge in [0.15, 0.2) is 0 Å². The van der Waals surface area contributed by atoms with E-state index in [1.165, 1.54) is 6.20 Å². The van der Waals surface area contributed by atoms with Crippen LogP contribution in [0.4, 0.5) is 0 Å². The SMILES string of the molecule is CC(C)OCC1=CN=CS1(=O)=O. The van der Waals surface area contributed by atoms with Gasteiger partial charge in [0.1, 0.15) is 5.55 Å². The second kappa shape index (κ2) is 3.37. The molecule has 0 atom stereocenters. The minimum Gasteiger partial charge on any atom is -0.373 e. The summed E-state index contributed by atoms with van der Waals surface area (Å²) < 4.78 is 27.3. The molecule has 0 saturated heterocycles. The fourth-order valence-corrected chi connectivity index (χ4v) is 1.50. The zero-order chi connectivity index (χ0) is 9.19. The van der Waals surface area contributed by atoms with Crippen molar-refractivity contribution in [3.8, 4) is 0 Å². The molecule has 0 saturated carbocycles. The lowest BCUT2D eigenvalue weighted by Crippen LogP contribution is -2.11. The molecule has 0 aromatic heterocycles. The molecule has 0 N–H and O–H groups in total. The van der Waals surface area contributed by atoms with E-state index in [0.29, 0.717) is 0 Å². The summed E-state index contributed by atoms with van der Waals surface area (Å²) in [6.45, 7) is 3.81. The van der Waals surface area contributed by atoms with Gasteiger partial charge in [-0.05, 0) is 13.8 Å². The molecule has 0 aromatic carbocycles. The number of hydrogen-bond donors (Lipinski definition) is 0. The predicted octanol–water partition coefficient (Wildman–Crippen LogP) is 0.710. The van der Waals surface area contributed by atoms with Crippen molar-refractivity contribution in [1.82, 2.24) is 0 Å². The summed E-state index contributed by atoms with van der Waals surface area (Å²) in [6, 6.07) is 0. The second-order valence-electron chi connectivity index (χ2n) is 2.75. The van der Waals surface area contributed by atoms with E-state index in [4.69, 9.17) is 4.74 Å². The van der Waals surface area contributed by atoms with Crippen molar-refractivity contribution < 1.29 is 13.2 Å². The lowest BCUT2D eigenvalue weighted by Gasteiger charge is -2.06. The molecule has 5 heteroatoms. The van der Waals surface area contributed by atoms with Gasteiger partial charge in [-0.15, -0.1) is 0 Å². The Morgan fingerprint density at radius 2 is 2.25 bits per heavy atom. The summed E-state index contributed by atoms with van der Waals surface area (Å²) in [5.74, 6) is 0. The molecule has 1 rings (SSSR count). The van der Waals surface area contributed by atoms with Crippen LogP contribution in [0, 0.1) is 0 Å². The molecular weight excluding hydrogens is 178 g/mol. The lowest BCUT2D eigenvalue weighted by molar-refractivity contribution is 0.100. The van der Waals surface area contributed by atoms with Gasteiger partial charge in [-0.25, -0.2) is 8.42 Å². The van der Waals surface area contributed by atoms with E-state index in [0.717, 1.165) is 5.55 Å². The largest absolute Gasteiger partial charge is 0.373 e. The van der Waals surface area contributed by atoms with E-state index in [-0.39, 0.29) is 17.6 Å². The standard InChI is InChI=1S/C7H11NO3S/c1-6(2)11-4-7-3-8-5-12(7,9)10/h3,5-6H,4H2,1-2H3. The molecule has 0 spiro atoms.